The summed E-state index contributed by atoms with van der Waals surface area (Å²) >= 11 is 1.27. The highest BCUT2D eigenvalue weighted by Crippen LogP contribution is 2.32. The van der Waals surface area contributed by atoms with E-state index in [-0.39, 0.29) is 18.3 Å². The number of fused-ring (bicyclic) bond motifs is 1. The number of benzene rings is 3. The molecule has 5 rings (SSSR count). The zero-order valence-corrected chi connectivity index (χ0v) is 26.6. The second-order valence-corrected chi connectivity index (χ2v) is 11.7. The average molecular weight is 613 g/mol. The monoisotopic (exact) mass is 612 g/mol. The number of carbonyl (C=O) groups is 1. The van der Waals surface area contributed by atoms with Gasteiger partial charge in [0.15, 0.2) is 16.3 Å². The third kappa shape index (κ3) is 6.63. The van der Waals surface area contributed by atoms with Gasteiger partial charge in [0.05, 0.1) is 41.7 Å². The number of allylic oxidation sites excluding steroid dienone is 1. The summed E-state index contributed by atoms with van der Waals surface area (Å²) < 4.78 is 24.9. The number of aromatic nitrogens is 1. The van der Waals surface area contributed by atoms with E-state index >= 15 is 0 Å². The van der Waals surface area contributed by atoms with Crippen molar-refractivity contribution in [3.8, 4) is 17.2 Å². The standard InChI is InChI=1S/C35H36N2O6S/c1-7-41-34(39)31-23(5)36-35-37(32(31)26-13-15-27(16-14-26)43-21(2)3)33(38)30(44-35)19-25-12-17-28(29(18-25)40-6)42-20-24-10-8-22(4)9-11-24/h8-19,21,32H,7,20H2,1-6H3/b30-19-/t32-/m0/s1. The van der Waals surface area contributed by atoms with Crippen molar-refractivity contribution in [2.75, 3.05) is 13.7 Å². The molecule has 44 heavy (non-hydrogen) atoms. The molecule has 3 aromatic carbocycles. The van der Waals surface area contributed by atoms with Crippen LogP contribution in [-0.4, -0.2) is 30.4 Å². The number of hydrogen-bond acceptors (Lipinski definition) is 8. The largest absolute Gasteiger partial charge is 0.493 e. The maximum absolute atomic E-state index is 14.0. The lowest BCUT2D eigenvalue weighted by atomic mass is 9.96. The Labute approximate surface area is 260 Å². The molecule has 0 aliphatic carbocycles. The van der Waals surface area contributed by atoms with Crippen molar-refractivity contribution >= 4 is 23.4 Å². The van der Waals surface area contributed by atoms with Crippen molar-refractivity contribution in [2.45, 2.75) is 53.4 Å². The molecule has 1 aliphatic rings. The minimum atomic E-state index is -0.701. The van der Waals surface area contributed by atoms with Gasteiger partial charge in [0.25, 0.3) is 5.56 Å². The molecule has 1 aliphatic heterocycles. The quantitative estimate of drug-likeness (QED) is 0.221. The molecule has 0 radical (unpaired) electrons. The van der Waals surface area contributed by atoms with Crippen molar-refractivity contribution in [1.29, 1.82) is 0 Å². The molecule has 1 atom stereocenters. The Bertz CT molecular complexity index is 1870. The van der Waals surface area contributed by atoms with Gasteiger partial charge in [0.1, 0.15) is 12.4 Å². The summed E-state index contributed by atoms with van der Waals surface area (Å²) in [4.78, 5) is 32.3. The van der Waals surface area contributed by atoms with Gasteiger partial charge in [-0.25, -0.2) is 9.79 Å². The van der Waals surface area contributed by atoms with Crippen LogP contribution in [0.25, 0.3) is 6.08 Å². The minimum Gasteiger partial charge on any atom is -0.493 e. The predicted octanol–water partition coefficient (Wildman–Crippen LogP) is 5.48. The van der Waals surface area contributed by atoms with Crippen molar-refractivity contribution < 1.29 is 23.7 Å². The van der Waals surface area contributed by atoms with Crippen LogP contribution < -0.4 is 29.1 Å². The van der Waals surface area contributed by atoms with Crippen LogP contribution in [0.3, 0.4) is 0 Å². The third-order valence-electron chi connectivity index (χ3n) is 7.09. The van der Waals surface area contributed by atoms with Crippen LogP contribution in [-0.2, 0) is 16.1 Å². The lowest BCUT2D eigenvalue weighted by Gasteiger charge is -2.25. The number of nitrogens with zero attached hydrogens (tertiary/aromatic N) is 2. The Balaban J connectivity index is 1.53. The highest BCUT2D eigenvalue weighted by atomic mass is 32.1. The van der Waals surface area contributed by atoms with Crippen molar-refractivity contribution in [2.24, 2.45) is 4.99 Å². The Kier molecular flexibility index (Phi) is 9.35. The van der Waals surface area contributed by atoms with E-state index in [1.165, 1.54) is 16.9 Å². The van der Waals surface area contributed by atoms with E-state index in [4.69, 9.17) is 18.9 Å². The van der Waals surface area contributed by atoms with E-state index in [1.807, 2.05) is 87.5 Å². The van der Waals surface area contributed by atoms with Crippen molar-refractivity contribution in [3.05, 3.63) is 120 Å². The van der Waals surface area contributed by atoms with Gasteiger partial charge in [0, 0.05) is 0 Å². The number of carbonyl (C=O) groups excluding carboxylic acids is 1. The van der Waals surface area contributed by atoms with Crippen LogP contribution in [0.4, 0.5) is 0 Å². The molecular weight excluding hydrogens is 576 g/mol. The Morgan fingerprint density at radius 3 is 2.41 bits per heavy atom. The lowest BCUT2D eigenvalue weighted by molar-refractivity contribution is -0.139. The summed E-state index contributed by atoms with van der Waals surface area (Å²) in [5.41, 5.74) is 4.35. The van der Waals surface area contributed by atoms with Crippen LogP contribution in [0.5, 0.6) is 17.2 Å². The summed E-state index contributed by atoms with van der Waals surface area (Å²) in [5.74, 6) is 1.36. The second-order valence-electron chi connectivity index (χ2n) is 10.7. The molecule has 1 aromatic heterocycles. The van der Waals surface area contributed by atoms with E-state index in [0.717, 1.165) is 16.7 Å². The highest BCUT2D eigenvalue weighted by Gasteiger charge is 2.33. The van der Waals surface area contributed by atoms with Gasteiger partial charge in [-0.2, -0.15) is 0 Å². The zero-order chi connectivity index (χ0) is 31.4. The molecule has 228 valence electrons. The molecule has 4 aromatic rings. The fourth-order valence-electron chi connectivity index (χ4n) is 5.00. The van der Waals surface area contributed by atoms with E-state index in [0.29, 0.717) is 44.5 Å². The first-order valence-corrected chi connectivity index (χ1v) is 15.3. The maximum atomic E-state index is 14.0. The normalized spacial score (nSPS) is 14.7. The van der Waals surface area contributed by atoms with E-state index < -0.39 is 12.0 Å². The first kappa shape index (κ1) is 30.8. The third-order valence-corrected chi connectivity index (χ3v) is 8.07. The molecule has 0 fully saturated rings. The summed E-state index contributed by atoms with van der Waals surface area (Å²) in [6, 6.07) is 20.5. The molecule has 0 saturated carbocycles. The average Bonchev–Trinajstić information content (AvgIpc) is 3.30. The highest BCUT2D eigenvalue weighted by molar-refractivity contribution is 7.07. The molecule has 2 heterocycles. The molecule has 0 amide bonds. The molecule has 9 heteroatoms. The topological polar surface area (TPSA) is 88.4 Å². The molecule has 0 saturated heterocycles. The van der Waals surface area contributed by atoms with Gasteiger partial charge in [-0.3, -0.25) is 9.36 Å². The SMILES string of the molecule is CCOC(=O)C1=C(C)N=c2s/c(=C\c3ccc(OCc4ccc(C)cc4)c(OC)c3)c(=O)n2[C@H]1c1ccc(OC(C)C)cc1. The number of aryl methyl sites for hydroxylation is 1. The van der Waals surface area contributed by atoms with Gasteiger partial charge in [-0.15, -0.1) is 0 Å². The summed E-state index contributed by atoms with van der Waals surface area (Å²) in [6.07, 6.45) is 1.82. The van der Waals surface area contributed by atoms with Crippen LogP contribution in [0.2, 0.25) is 0 Å². The van der Waals surface area contributed by atoms with E-state index in [1.54, 1.807) is 31.6 Å². The Morgan fingerprint density at radius 2 is 1.75 bits per heavy atom. The van der Waals surface area contributed by atoms with Crippen LogP contribution in [0.15, 0.2) is 87.8 Å². The smallest absolute Gasteiger partial charge is 0.338 e. The summed E-state index contributed by atoms with van der Waals surface area (Å²) in [7, 11) is 1.59. The van der Waals surface area contributed by atoms with Gasteiger partial charge in [0.2, 0.25) is 0 Å². The van der Waals surface area contributed by atoms with Crippen LogP contribution in [0.1, 0.15) is 56.0 Å². The van der Waals surface area contributed by atoms with Gasteiger partial charge >= 0.3 is 5.97 Å². The molecule has 0 N–H and O–H groups in total. The fraction of sp³-hybridized carbons (Fsp3) is 0.286. The molecule has 8 nitrogen and oxygen atoms in total. The molecule has 0 spiro atoms. The van der Waals surface area contributed by atoms with Crippen molar-refractivity contribution in [3.63, 3.8) is 0 Å². The van der Waals surface area contributed by atoms with Gasteiger partial charge in [-0.05, 0) is 81.7 Å². The Hall–Kier alpha value is -4.63. The molecule has 0 unspecified atom stereocenters. The molecular formula is C35H36N2O6S. The second kappa shape index (κ2) is 13.3. The van der Waals surface area contributed by atoms with E-state index in [2.05, 4.69) is 4.99 Å². The van der Waals surface area contributed by atoms with E-state index in [9.17, 15) is 9.59 Å². The first-order valence-electron chi connectivity index (χ1n) is 14.5. The zero-order valence-electron chi connectivity index (χ0n) is 25.7. The number of methoxy groups -OCH3 is 1. The Morgan fingerprint density at radius 1 is 1.02 bits per heavy atom. The predicted molar refractivity (Wildman–Crippen MR) is 171 cm³/mol. The van der Waals surface area contributed by atoms with Gasteiger partial charge < -0.3 is 18.9 Å². The maximum Gasteiger partial charge on any atom is 0.338 e. The number of ether oxygens (including phenoxy) is 4. The summed E-state index contributed by atoms with van der Waals surface area (Å²) in [6.45, 7) is 10.1. The van der Waals surface area contributed by atoms with Gasteiger partial charge in [-0.1, -0.05) is 59.4 Å². The number of thiazole rings is 1. The fourth-order valence-corrected chi connectivity index (χ4v) is 6.04. The first-order chi connectivity index (χ1) is 21.2. The minimum absolute atomic E-state index is 0.0169. The number of esters is 1. The van der Waals surface area contributed by atoms with Crippen LogP contribution >= 0.6 is 11.3 Å². The number of hydrogen-bond donors (Lipinski definition) is 0. The lowest BCUT2D eigenvalue weighted by Crippen LogP contribution is -2.39. The van der Waals surface area contributed by atoms with Crippen molar-refractivity contribution in [1.82, 2.24) is 4.57 Å². The summed E-state index contributed by atoms with van der Waals surface area (Å²) in [5, 5.41) is 0. The number of rotatable bonds is 10. The molecule has 0 bridgehead atoms. The van der Waals surface area contributed by atoms with Crippen LogP contribution in [0, 0.1) is 6.92 Å².